The number of aromatic nitrogens is 3. The number of fused-ring (bicyclic) bond motifs is 1. The van der Waals surface area contributed by atoms with Crippen molar-refractivity contribution in [2.24, 2.45) is 0 Å². The van der Waals surface area contributed by atoms with Crippen molar-refractivity contribution in [3.05, 3.63) is 30.2 Å². The zero-order chi connectivity index (χ0) is 9.26. The summed E-state index contributed by atoms with van der Waals surface area (Å²) in [4.78, 5) is 11.0. The molecule has 2 aromatic rings. The van der Waals surface area contributed by atoms with E-state index in [0.29, 0.717) is 11.2 Å². The van der Waals surface area contributed by atoms with Crippen LogP contribution < -0.4 is 5.48 Å². The topological polar surface area (TPSA) is 79.5 Å². The van der Waals surface area contributed by atoms with Gasteiger partial charge in [0.1, 0.15) is 6.33 Å². The van der Waals surface area contributed by atoms with Crippen LogP contribution in [0.3, 0.4) is 0 Å². The normalized spacial score (nSPS) is 10.2. The lowest BCUT2D eigenvalue weighted by Gasteiger charge is -1.98. The van der Waals surface area contributed by atoms with Crippen LogP contribution in [0.2, 0.25) is 0 Å². The number of nitrogens with one attached hydrogen (secondary N) is 1. The average molecular weight is 178 g/mol. The lowest BCUT2D eigenvalue weighted by molar-refractivity contribution is 0.0706. The van der Waals surface area contributed by atoms with Crippen molar-refractivity contribution < 1.29 is 10.0 Å². The van der Waals surface area contributed by atoms with Crippen molar-refractivity contribution in [2.45, 2.75) is 0 Å². The van der Waals surface area contributed by atoms with Gasteiger partial charge in [-0.3, -0.25) is 14.4 Å². The van der Waals surface area contributed by atoms with Gasteiger partial charge in [0, 0.05) is 6.20 Å². The fourth-order valence-corrected chi connectivity index (χ4v) is 1.03. The Bertz CT molecular complexity index is 450. The Morgan fingerprint density at radius 1 is 1.54 bits per heavy atom. The minimum atomic E-state index is -0.560. The van der Waals surface area contributed by atoms with E-state index in [1.165, 1.54) is 12.5 Å². The molecule has 2 aromatic heterocycles. The first-order chi connectivity index (χ1) is 6.31. The monoisotopic (exact) mass is 178 g/mol. The highest BCUT2D eigenvalue weighted by Crippen LogP contribution is 2.02. The van der Waals surface area contributed by atoms with Crippen molar-refractivity contribution in [3.63, 3.8) is 0 Å². The molecule has 13 heavy (non-hydrogen) atoms. The Kier molecular flexibility index (Phi) is 1.67. The van der Waals surface area contributed by atoms with Crippen molar-refractivity contribution >= 4 is 11.6 Å². The maximum atomic E-state index is 11.0. The van der Waals surface area contributed by atoms with Gasteiger partial charge in [0.15, 0.2) is 5.65 Å². The zero-order valence-corrected chi connectivity index (χ0v) is 6.51. The van der Waals surface area contributed by atoms with Gasteiger partial charge in [-0.25, -0.2) is 5.48 Å². The van der Waals surface area contributed by atoms with Gasteiger partial charge in [-0.1, -0.05) is 0 Å². The first kappa shape index (κ1) is 7.69. The molecule has 0 unspecified atom stereocenters. The van der Waals surface area contributed by atoms with Crippen LogP contribution in [0, 0.1) is 0 Å². The maximum Gasteiger partial charge on any atom is 0.276 e. The fraction of sp³-hybridized carbons (Fsp3) is 0. The quantitative estimate of drug-likeness (QED) is 0.470. The smallest absolute Gasteiger partial charge is 0.276 e. The van der Waals surface area contributed by atoms with Gasteiger partial charge in [0.05, 0.1) is 5.56 Å². The van der Waals surface area contributed by atoms with E-state index in [1.807, 2.05) is 0 Å². The predicted octanol–water partition coefficient (Wildman–Crippen LogP) is -0.152. The molecule has 0 bridgehead atoms. The minimum Gasteiger partial charge on any atom is -0.288 e. The fourth-order valence-electron chi connectivity index (χ4n) is 1.03. The van der Waals surface area contributed by atoms with Crippen LogP contribution in [0.25, 0.3) is 5.65 Å². The van der Waals surface area contributed by atoms with Crippen molar-refractivity contribution in [3.8, 4) is 0 Å². The van der Waals surface area contributed by atoms with Crippen LogP contribution in [-0.2, 0) is 0 Å². The number of nitrogens with zero attached hydrogens (tertiary/aromatic N) is 3. The van der Waals surface area contributed by atoms with Crippen molar-refractivity contribution in [1.29, 1.82) is 0 Å². The number of pyridine rings is 1. The molecule has 0 spiro atoms. The van der Waals surface area contributed by atoms with Crippen LogP contribution in [0.4, 0.5) is 0 Å². The van der Waals surface area contributed by atoms with Gasteiger partial charge in [-0.05, 0) is 12.1 Å². The Labute approximate surface area is 72.8 Å². The van der Waals surface area contributed by atoms with E-state index in [9.17, 15) is 4.79 Å². The third kappa shape index (κ3) is 1.23. The number of hydroxylamine groups is 1. The summed E-state index contributed by atoms with van der Waals surface area (Å²) in [7, 11) is 0. The molecule has 1 amide bonds. The van der Waals surface area contributed by atoms with Crippen molar-refractivity contribution in [2.75, 3.05) is 0 Å². The highest BCUT2D eigenvalue weighted by atomic mass is 16.5. The van der Waals surface area contributed by atoms with Gasteiger partial charge >= 0.3 is 0 Å². The van der Waals surface area contributed by atoms with E-state index in [-0.39, 0.29) is 0 Å². The Hall–Kier alpha value is -1.95. The number of amides is 1. The minimum absolute atomic E-state index is 0.342. The van der Waals surface area contributed by atoms with E-state index in [0.717, 1.165) is 0 Å². The molecule has 0 saturated carbocycles. The summed E-state index contributed by atoms with van der Waals surface area (Å²) < 4.78 is 1.59. The third-order valence-corrected chi connectivity index (χ3v) is 1.65. The zero-order valence-electron chi connectivity index (χ0n) is 6.51. The molecule has 6 heteroatoms. The maximum absolute atomic E-state index is 11.0. The Balaban J connectivity index is 2.54. The molecular formula is C7H6N4O2. The van der Waals surface area contributed by atoms with E-state index >= 15 is 0 Å². The van der Waals surface area contributed by atoms with Gasteiger partial charge in [-0.15, -0.1) is 10.2 Å². The van der Waals surface area contributed by atoms with Gasteiger partial charge in [0.2, 0.25) is 0 Å². The third-order valence-electron chi connectivity index (χ3n) is 1.65. The lowest BCUT2D eigenvalue weighted by Crippen LogP contribution is -2.18. The SMILES string of the molecule is O=C(NO)c1ccc2nncn2c1. The standard InChI is InChI=1S/C7H6N4O2/c12-7(10-13)5-1-2-6-9-8-4-11(6)3-5/h1-4,13H,(H,10,12). The second-order valence-corrected chi connectivity index (χ2v) is 2.46. The van der Waals surface area contributed by atoms with E-state index in [1.54, 1.807) is 22.0 Å². The molecule has 2 N–H and O–H groups in total. The second kappa shape index (κ2) is 2.83. The molecule has 2 rings (SSSR count). The molecule has 0 aromatic carbocycles. The summed E-state index contributed by atoms with van der Waals surface area (Å²) in [6, 6.07) is 3.19. The summed E-state index contributed by atoms with van der Waals surface area (Å²) >= 11 is 0. The summed E-state index contributed by atoms with van der Waals surface area (Å²) in [6.07, 6.45) is 3.00. The Morgan fingerprint density at radius 2 is 2.38 bits per heavy atom. The molecule has 0 aliphatic carbocycles. The Morgan fingerprint density at radius 3 is 3.15 bits per heavy atom. The molecule has 0 aliphatic rings. The van der Waals surface area contributed by atoms with Crippen LogP contribution in [0.5, 0.6) is 0 Å². The highest BCUT2D eigenvalue weighted by Gasteiger charge is 2.04. The molecule has 0 fully saturated rings. The molecule has 2 heterocycles. The number of carbonyl (C=O) groups is 1. The van der Waals surface area contributed by atoms with Gasteiger partial charge < -0.3 is 0 Å². The van der Waals surface area contributed by atoms with Crippen molar-refractivity contribution in [1.82, 2.24) is 20.1 Å². The number of hydrogen-bond donors (Lipinski definition) is 2. The summed E-state index contributed by atoms with van der Waals surface area (Å²) in [5, 5.41) is 15.8. The molecule has 0 saturated heterocycles. The summed E-state index contributed by atoms with van der Waals surface area (Å²) in [5.74, 6) is -0.560. The van der Waals surface area contributed by atoms with E-state index < -0.39 is 5.91 Å². The van der Waals surface area contributed by atoms with Gasteiger partial charge in [-0.2, -0.15) is 0 Å². The first-order valence-corrected chi connectivity index (χ1v) is 3.55. The van der Waals surface area contributed by atoms with E-state index in [2.05, 4.69) is 10.2 Å². The van der Waals surface area contributed by atoms with Crippen LogP contribution in [-0.4, -0.2) is 25.7 Å². The van der Waals surface area contributed by atoms with Gasteiger partial charge in [0.25, 0.3) is 5.91 Å². The molecule has 0 atom stereocenters. The summed E-state index contributed by atoms with van der Waals surface area (Å²) in [5.41, 5.74) is 2.54. The predicted molar refractivity (Wildman–Crippen MR) is 42.2 cm³/mol. The van der Waals surface area contributed by atoms with Crippen LogP contribution in [0.15, 0.2) is 24.7 Å². The first-order valence-electron chi connectivity index (χ1n) is 3.55. The highest BCUT2D eigenvalue weighted by molar-refractivity contribution is 5.93. The number of carbonyl (C=O) groups excluding carboxylic acids is 1. The second-order valence-electron chi connectivity index (χ2n) is 2.46. The summed E-state index contributed by atoms with van der Waals surface area (Å²) in [6.45, 7) is 0. The van der Waals surface area contributed by atoms with Crippen LogP contribution in [0.1, 0.15) is 10.4 Å². The molecule has 66 valence electrons. The van der Waals surface area contributed by atoms with Crippen LogP contribution >= 0.6 is 0 Å². The largest absolute Gasteiger partial charge is 0.288 e. The molecular weight excluding hydrogens is 172 g/mol. The number of rotatable bonds is 1. The van der Waals surface area contributed by atoms with E-state index in [4.69, 9.17) is 5.21 Å². The molecule has 6 nitrogen and oxygen atoms in total. The molecule has 0 aliphatic heterocycles. The number of hydrogen-bond acceptors (Lipinski definition) is 4. The lowest BCUT2D eigenvalue weighted by atomic mass is 10.3. The average Bonchev–Trinajstić information content (AvgIpc) is 2.63. The molecule has 0 radical (unpaired) electrons.